The summed E-state index contributed by atoms with van der Waals surface area (Å²) in [6, 6.07) is 3.83. The molecule has 4 rings (SSSR count). The number of aliphatic hydroxyl groups excluding tert-OH is 1. The van der Waals surface area contributed by atoms with Crippen LogP contribution in [0.25, 0.3) is 10.6 Å². The Morgan fingerprint density at radius 1 is 1.24 bits per heavy atom. The van der Waals surface area contributed by atoms with E-state index in [9.17, 15) is 18.3 Å². The van der Waals surface area contributed by atoms with Crippen molar-refractivity contribution >= 4 is 11.3 Å². The minimum Gasteiger partial charge on any atom is -0.379 e. The van der Waals surface area contributed by atoms with Crippen molar-refractivity contribution in [1.29, 1.82) is 0 Å². The molecule has 2 aromatic rings. The molecule has 0 bridgehead atoms. The molecule has 2 unspecified atom stereocenters. The number of likely N-dealkylation sites (tertiary alicyclic amines) is 1. The van der Waals surface area contributed by atoms with Crippen molar-refractivity contribution in [2.45, 2.75) is 38.2 Å². The second-order valence-corrected chi connectivity index (χ2v) is 8.61. The van der Waals surface area contributed by atoms with Gasteiger partial charge in [0.05, 0.1) is 18.1 Å². The molecule has 0 spiro atoms. The Morgan fingerprint density at radius 3 is 2.69 bits per heavy atom. The average Bonchev–Trinajstić information content (AvgIpc) is 3.34. The van der Waals surface area contributed by atoms with E-state index in [1.54, 1.807) is 12.1 Å². The zero-order chi connectivity index (χ0) is 20.6. The van der Waals surface area contributed by atoms with Crippen LogP contribution in [0, 0.1) is 6.92 Å². The lowest BCUT2D eigenvalue weighted by molar-refractivity contribution is -0.156. The van der Waals surface area contributed by atoms with Gasteiger partial charge in [-0.05, 0) is 31.9 Å². The lowest BCUT2D eigenvalue weighted by Crippen LogP contribution is -2.52. The molecule has 29 heavy (non-hydrogen) atoms. The Kier molecular flexibility index (Phi) is 5.99. The number of alkyl halides is 3. The summed E-state index contributed by atoms with van der Waals surface area (Å²) in [5.74, 6) is -1.08. The molecule has 10 heteroatoms. The van der Waals surface area contributed by atoms with Crippen LogP contribution in [-0.2, 0) is 10.9 Å². The van der Waals surface area contributed by atoms with Gasteiger partial charge in [-0.3, -0.25) is 9.80 Å². The lowest BCUT2D eigenvalue weighted by Gasteiger charge is -2.42. The molecule has 0 aromatic carbocycles. The highest BCUT2D eigenvalue weighted by atomic mass is 32.1. The van der Waals surface area contributed by atoms with Crippen molar-refractivity contribution in [2.24, 2.45) is 0 Å². The van der Waals surface area contributed by atoms with Gasteiger partial charge < -0.3 is 14.4 Å². The fraction of sp³-hybridized carbons (Fsp3) is 0.632. The zero-order valence-corrected chi connectivity index (χ0v) is 16.9. The Balaban J connectivity index is 1.47. The molecule has 2 saturated heterocycles. The molecule has 2 fully saturated rings. The van der Waals surface area contributed by atoms with Gasteiger partial charge in [0.2, 0.25) is 5.76 Å². The van der Waals surface area contributed by atoms with Crippen LogP contribution < -0.4 is 0 Å². The molecule has 2 aliphatic heterocycles. The van der Waals surface area contributed by atoms with E-state index in [2.05, 4.69) is 14.6 Å². The fourth-order valence-electron chi connectivity index (χ4n) is 4.07. The summed E-state index contributed by atoms with van der Waals surface area (Å²) >= 11 is 1.25. The van der Waals surface area contributed by atoms with Gasteiger partial charge >= 0.3 is 6.18 Å². The molecule has 2 aromatic heterocycles. The van der Waals surface area contributed by atoms with Gasteiger partial charge in [0, 0.05) is 42.7 Å². The maximum atomic E-state index is 13.0. The topological polar surface area (TPSA) is 62.0 Å². The molecule has 0 amide bonds. The van der Waals surface area contributed by atoms with Crippen molar-refractivity contribution < 1.29 is 27.5 Å². The first-order valence-corrected chi connectivity index (χ1v) is 10.5. The molecule has 6 nitrogen and oxygen atoms in total. The summed E-state index contributed by atoms with van der Waals surface area (Å²) in [7, 11) is 0. The summed E-state index contributed by atoms with van der Waals surface area (Å²) in [5.41, 5.74) is 0.136. The quantitative estimate of drug-likeness (QED) is 0.800. The standard InChI is InChI=1S/C19H24F3N3O3S/c1-12-16(23-28-17(12)19(20,21)22)14-4-5-15(29-14)18(26)25-6-2-3-13(11-25)24-7-9-27-10-8-24/h4-5,13,18,26H,2-3,6-11H2,1H3. The van der Waals surface area contributed by atoms with Crippen LogP contribution >= 0.6 is 11.3 Å². The number of hydrogen-bond donors (Lipinski definition) is 1. The number of aromatic nitrogens is 1. The normalized spacial score (nSPS) is 23.4. The smallest absolute Gasteiger partial charge is 0.379 e. The summed E-state index contributed by atoms with van der Waals surface area (Å²) in [5, 5.41) is 14.5. The SMILES string of the molecule is Cc1c(-c2ccc(C(O)N3CCCC(N4CCOCC4)C3)s2)noc1C(F)(F)F. The maximum Gasteiger partial charge on any atom is 0.452 e. The molecular formula is C19H24F3N3O3S. The van der Waals surface area contributed by atoms with E-state index < -0.39 is 18.2 Å². The minimum atomic E-state index is -4.57. The van der Waals surface area contributed by atoms with E-state index in [0.29, 0.717) is 15.8 Å². The maximum absolute atomic E-state index is 13.0. The van der Waals surface area contributed by atoms with Crippen LogP contribution in [0.2, 0.25) is 0 Å². The monoisotopic (exact) mass is 431 g/mol. The highest BCUT2D eigenvalue weighted by molar-refractivity contribution is 7.15. The molecule has 1 N–H and O–H groups in total. The second kappa shape index (κ2) is 8.35. The molecule has 160 valence electrons. The largest absolute Gasteiger partial charge is 0.452 e. The van der Waals surface area contributed by atoms with Gasteiger partial charge in [-0.15, -0.1) is 11.3 Å². The first kappa shape index (κ1) is 20.8. The van der Waals surface area contributed by atoms with Crippen LogP contribution in [0.3, 0.4) is 0 Å². The molecule has 0 radical (unpaired) electrons. The van der Waals surface area contributed by atoms with Gasteiger partial charge in [-0.2, -0.15) is 13.2 Å². The van der Waals surface area contributed by atoms with Gasteiger partial charge in [0.15, 0.2) is 0 Å². The number of ether oxygens (including phenoxy) is 1. The number of hydrogen-bond acceptors (Lipinski definition) is 7. The molecule has 2 atom stereocenters. The van der Waals surface area contributed by atoms with Crippen LogP contribution in [0.1, 0.15) is 35.3 Å². The Hall–Kier alpha value is -1.46. The zero-order valence-electron chi connectivity index (χ0n) is 16.1. The number of morpholine rings is 1. The van der Waals surface area contributed by atoms with E-state index >= 15 is 0 Å². The van der Waals surface area contributed by atoms with Gasteiger partial charge in [-0.25, -0.2) is 0 Å². The molecular weight excluding hydrogens is 407 g/mol. The van der Waals surface area contributed by atoms with Crippen LogP contribution in [-0.4, -0.2) is 65.5 Å². The first-order chi connectivity index (χ1) is 13.8. The summed E-state index contributed by atoms with van der Waals surface area (Å²) in [4.78, 5) is 5.70. The van der Waals surface area contributed by atoms with Crippen molar-refractivity contribution in [3.8, 4) is 10.6 Å². The number of nitrogens with zero attached hydrogens (tertiary/aromatic N) is 3. The Bertz CT molecular complexity index is 832. The van der Waals surface area contributed by atoms with E-state index in [-0.39, 0.29) is 11.3 Å². The molecule has 4 heterocycles. The van der Waals surface area contributed by atoms with Crippen molar-refractivity contribution in [3.05, 3.63) is 28.3 Å². The molecule has 0 saturated carbocycles. The summed E-state index contributed by atoms with van der Waals surface area (Å²) < 4.78 is 48.8. The fourth-order valence-corrected chi connectivity index (χ4v) is 5.14. The van der Waals surface area contributed by atoms with Gasteiger partial charge in [0.25, 0.3) is 0 Å². The summed E-state index contributed by atoms with van der Waals surface area (Å²) in [6.45, 7) is 6.19. The van der Waals surface area contributed by atoms with Gasteiger partial charge in [0.1, 0.15) is 11.9 Å². The summed E-state index contributed by atoms with van der Waals surface area (Å²) in [6.07, 6.45) is -3.27. The van der Waals surface area contributed by atoms with Crippen LogP contribution in [0.4, 0.5) is 13.2 Å². The second-order valence-electron chi connectivity index (χ2n) is 7.50. The third kappa shape index (κ3) is 4.36. The lowest BCUT2D eigenvalue weighted by atomic mass is 10.0. The highest BCUT2D eigenvalue weighted by Crippen LogP contribution is 2.39. The third-order valence-electron chi connectivity index (χ3n) is 5.63. The predicted octanol–water partition coefficient (Wildman–Crippen LogP) is 3.52. The Morgan fingerprint density at radius 2 is 2.00 bits per heavy atom. The number of rotatable bonds is 4. The minimum absolute atomic E-state index is 0.0363. The van der Waals surface area contributed by atoms with Crippen molar-refractivity contribution in [2.75, 3.05) is 39.4 Å². The van der Waals surface area contributed by atoms with Crippen LogP contribution in [0.5, 0.6) is 0 Å². The third-order valence-corrected chi connectivity index (χ3v) is 6.76. The highest BCUT2D eigenvalue weighted by Gasteiger charge is 2.39. The van der Waals surface area contributed by atoms with Gasteiger partial charge in [-0.1, -0.05) is 5.16 Å². The first-order valence-electron chi connectivity index (χ1n) is 9.72. The van der Waals surface area contributed by atoms with E-state index in [1.807, 2.05) is 4.90 Å². The molecule has 0 aliphatic carbocycles. The van der Waals surface area contributed by atoms with E-state index in [0.717, 1.165) is 52.2 Å². The average molecular weight is 431 g/mol. The number of piperidine rings is 1. The van der Waals surface area contributed by atoms with E-state index in [4.69, 9.17) is 4.74 Å². The number of thiophene rings is 1. The number of aliphatic hydroxyl groups is 1. The molecule has 2 aliphatic rings. The number of halogens is 3. The Labute approximate surface area is 170 Å². The predicted molar refractivity (Wildman–Crippen MR) is 102 cm³/mol. The van der Waals surface area contributed by atoms with E-state index in [1.165, 1.54) is 18.3 Å². The van der Waals surface area contributed by atoms with Crippen molar-refractivity contribution in [1.82, 2.24) is 15.0 Å². The van der Waals surface area contributed by atoms with Crippen molar-refractivity contribution in [3.63, 3.8) is 0 Å². The van der Waals surface area contributed by atoms with Crippen LogP contribution in [0.15, 0.2) is 16.7 Å².